The predicted octanol–water partition coefficient (Wildman–Crippen LogP) is 6.08. The van der Waals surface area contributed by atoms with Crippen LogP contribution in [0.3, 0.4) is 0 Å². The smallest absolute Gasteiger partial charge is 0.280 e. The quantitative estimate of drug-likeness (QED) is 0.154. The molecule has 0 radical (unpaired) electrons. The molecule has 0 aliphatic rings. The fourth-order valence-electron chi connectivity index (χ4n) is 5.51. The van der Waals surface area contributed by atoms with E-state index in [9.17, 15) is 45.8 Å². The van der Waals surface area contributed by atoms with Crippen molar-refractivity contribution in [2.24, 2.45) is 7.05 Å². The first kappa shape index (κ1) is 36.0. The third-order valence-corrected chi connectivity index (χ3v) is 8.07. The fourth-order valence-corrected chi connectivity index (χ4v) is 5.51. The summed E-state index contributed by atoms with van der Waals surface area (Å²) in [5.41, 5.74) is -0.409. The highest BCUT2D eigenvalue weighted by Gasteiger charge is 2.18. The molecule has 4 aromatic carbocycles. The summed E-state index contributed by atoms with van der Waals surface area (Å²) in [4.78, 5) is 42.7. The highest BCUT2D eigenvalue weighted by molar-refractivity contribution is 5.82. The third kappa shape index (κ3) is 7.35. The molecule has 17 heteroatoms. The van der Waals surface area contributed by atoms with E-state index in [-0.39, 0.29) is 57.9 Å². The molecular formula is C36H24F6N6O5. The summed E-state index contributed by atoms with van der Waals surface area (Å²) >= 11 is 0. The molecule has 53 heavy (non-hydrogen) atoms. The van der Waals surface area contributed by atoms with Gasteiger partial charge in [-0.25, -0.2) is 31.0 Å². The number of aldehydes is 1. The Morgan fingerprint density at radius 2 is 1.19 bits per heavy atom. The Labute approximate surface area is 293 Å². The van der Waals surface area contributed by atoms with Gasteiger partial charge in [-0.05, 0) is 43.3 Å². The standard InChI is InChI=1S/C21H15F3N4O3.C15H9F3N2O2/c1-11-16(9-29)21(27(2)26-11)31-13-3-4-19-14(7-13)20(30)25-10-28(19)8-15-17(23)5-12(22)6-18(15)24;16-8-3-12(17)11(13(18)4-8)6-20-7-19-15(22)10-5-9(21)1-2-14(10)20/h3-7,9-10H,8H2,1-2H3;1-5,7,21H,6H2. The monoisotopic (exact) mass is 734 g/mol. The lowest BCUT2D eigenvalue weighted by molar-refractivity contribution is 0.112. The average molecular weight is 735 g/mol. The second kappa shape index (κ2) is 14.5. The molecule has 3 heterocycles. The van der Waals surface area contributed by atoms with Crippen LogP contribution in [0.1, 0.15) is 27.2 Å². The van der Waals surface area contributed by atoms with Gasteiger partial charge in [0.15, 0.2) is 6.29 Å². The zero-order valence-electron chi connectivity index (χ0n) is 27.5. The molecule has 0 bridgehead atoms. The molecule has 0 saturated heterocycles. The van der Waals surface area contributed by atoms with E-state index in [1.54, 1.807) is 14.0 Å². The van der Waals surface area contributed by atoms with Crippen LogP contribution in [0.25, 0.3) is 21.8 Å². The summed E-state index contributed by atoms with van der Waals surface area (Å²) in [5.74, 6) is -5.85. The van der Waals surface area contributed by atoms with Crippen LogP contribution >= 0.6 is 0 Å². The van der Waals surface area contributed by atoms with Gasteiger partial charge in [-0.2, -0.15) is 15.1 Å². The number of carbonyl (C=O) groups excluding carboxylic acids is 1. The van der Waals surface area contributed by atoms with Crippen molar-refractivity contribution < 1.29 is 41.0 Å². The van der Waals surface area contributed by atoms with Gasteiger partial charge in [-0.3, -0.25) is 14.4 Å². The van der Waals surface area contributed by atoms with Gasteiger partial charge in [0.2, 0.25) is 5.88 Å². The van der Waals surface area contributed by atoms with Gasteiger partial charge in [0.1, 0.15) is 46.4 Å². The van der Waals surface area contributed by atoms with Crippen LogP contribution in [0.2, 0.25) is 0 Å². The molecule has 0 spiro atoms. The van der Waals surface area contributed by atoms with Crippen LogP contribution in [0, 0.1) is 41.8 Å². The molecule has 11 nitrogen and oxygen atoms in total. The lowest BCUT2D eigenvalue weighted by Crippen LogP contribution is -2.14. The Hall–Kier alpha value is -6.78. The van der Waals surface area contributed by atoms with Gasteiger partial charge in [-0.1, -0.05) is 0 Å². The largest absolute Gasteiger partial charge is 0.508 e. The molecule has 0 unspecified atom stereocenters. The van der Waals surface area contributed by atoms with E-state index in [0.29, 0.717) is 47.3 Å². The van der Waals surface area contributed by atoms with Crippen molar-refractivity contribution in [1.29, 1.82) is 0 Å². The second-order valence-corrected chi connectivity index (χ2v) is 11.6. The number of nitrogens with zero attached hydrogens (tertiary/aromatic N) is 6. The highest BCUT2D eigenvalue weighted by atomic mass is 19.2. The summed E-state index contributed by atoms with van der Waals surface area (Å²) in [6.45, 7) is 1.08. The number of phenolic OH excluding ortho intramolecular Hbond substituents is 1. The van der Waals surface area contributed by atoms with E-state index < -0.39 is 46.0 Å². The zero-order valence-corrected chi connectivity index (χ0v) is 27.5. The van der Waals surface area contributed by atoms with Crippen molar-refractivity contribution in [1.82, 2.24) is 28.9 Å². The highest BCUT2D eigenvalue weighted by Crippen LogP contribution is 2.28. The molecule has 7 rings (SSSR count). The first-order valence-corrected chi connectivity index (χ1v) is 15.3. The van der Waals surface area contributed by atoms with E-state index in [4.69, 9.17) is 4.74 Å². The average Bonchev–Trinajstić information content (AvgIpc) is 3.37. The molecule has 270 valence electrons. The maximum atomic E-state index is 14.1. The second-order valence-electron chi connectivity index (χ2n) is 11.6. The number of aromatic hydroxyl groups is 1. The summed E-state index contributed by atoms with van der Waals surface area (Å²) in [6, 6.07) is 10.8. The van der Waals surface area contributed by atoms with Crippen molar-refractivity contribution in [3.8, 4) is 17.4 Å². The molecule has 1 N–H and O–H groups in total. The van der Waals surface area contributed by atoms with Gasteiger partial charge in [0.05, 0.1) is 58.8 Å². The Balaban J connectivity index is 0.000000192. The number of carbonyl (C=O) groups is 1. The van der Waals surface area contributed by atoms with E-state index in [1.807, 2.05) is 0 Å². The zero-order chi connectivity index (χ0) is 38.1. The van der Waals surface area contributed by atoms with Crippen LogP contribution in [-0.4, -0.2) is 40.3 Å². The number of halogens is 6. The molecule has 3 aromatic heterocycles. The molecule has 0 amide bonds. The summed E-state index contributed by atoms with van der Waals surface area (Å²) in [7, 11) is 1.61. The molecule has 0 atom stereocenters. The van der Waals surface area contributed by atoms with Crippen LogP contribution < -0.4 is 15.9 Å². The Morgan fingerprint density at radius 3 is 1.68 bits per heavy atom. The van der Waals surface area contributed by atoms with E-state index in [1.165, 1.54) is 50.2 Å². The molecule has 0 aliphatic heterocycles. The van der Waals surface area contributed by atoms with Crippen LogP contribution in [0.4, 0.5) is 26.3 Å². The maximum absolute atomic E-state index is 14.1. The normalized spacial score (nSPS) is 11.1. The molecule has 0 aliphatic carbocycles. The maximum Gasteiger partial charge on any atom is 0.280 e. The van der Waals surface area contributed by atoms with Gasteiger partial charge in [-0.15, -0.1) is 0 Å². The Kier molecular flexibility index (Phi) is 9.82. The number of rotatable bonds is 7. The number of benzene rings is 4. The van der Waals surface area contributed by atoms with Crippen molar-refractivity contribution in [2.45, 2.75) is 20.0 Å². The van der Waals surface area contributed by atoms with Gasteiger partial charge >= 0.3 is 0 Å². The van der Waals surface area contributed by atoms with Crippen molar-refractivity contribution in [2.75, 3.05) is 0 Å². The van der Waals surface area contributed by atoms with Crippen molar-refractivity contribution in [3.05, 3.63) is 151 Å². The predicted molar refractivity (Wildman–Crippen MR) is 178 cm³/mol. The van der Waals surface area contributed by atoms with Crippen LogP contribution in [-0.2, 0) is 20.1 Å². The lowest BCUT2D eigenvalue weighted by atomic mass is 10.1. The SMILES string of the molecule is Cc1nn(C)c(Oc2ccc3c(c2)c(=O)ncn3Cc2c(F)cc(F)cc2F)c1C=O.O=c1ncn(Cc2c(F)cc(F)cc2F)c2ccc(O)cc12. The van der Waals surface area contributed by atoms with Gasteiger partial charge in [0, 0.05) is 42.4 Å². The number of aryl methyl sites for hydroxylation is 2. The molecule has 0 fully saturated rings. The summed E-state index contributed by atoms with van der Waals surface area (Å²) in [5, 5.41) is 13.8. The minimum absolute atomic E-state index is 0.116. The van der Waals surface area contributed by atoms with Crippen LogP contribution in [0.5, 0.6) is 17.4 Å². The first-order chi connectivity index (χ1) is 25.2. The number of hydrogen-bond acceptors (Lipinski definition) is 8. The van der Waals surface area contributed by atoms with Crippen molar-refractivity contribution in [3.63, 3.8) is 0 Å². The number of aromatic nitrogens is 6. The lowest BCUT2D eigenvalue weighted by Gasteiger charge is -2.13. The van der Waals surface area contributed by atoms with Gasteiger partial charge < -0.3 is 19.0 Å². The number of hydrogen-bond donors (Lipinski definition) is 1. The van der Waals surface area contributed by atoms with E-state index in [0.717, 1.165) is 12.7 Å². The topological polar surface area (TPSA) is 134 Å². The van der Waals surface area contributed by atoms with E-state index >= 15 is 0 Å². The van der Waals surface area contributed by atoms with Crippen LogP contribution in [0.15, 0.2) is 82.9 Å². The van der Waals surface area contributed by atoms with Crippen molar-refractivity contribution >= 4 is 28.1 Å². The Bertz CT molecular complexity index is 2650. The van der Waals surface area contributed by atoms with Gasteiger partial charge in [0.25, 0.3) is 11.1 Å². The Morgan fingerprint density at radius 1 is 0.717 bits per heavy atom. The molecular weight excluding hydrogens is 710 g/mol. The summed E-state index contributed by atoms with van der Waals surface area (Å²) < 4.78 is 91.5. The summed E-state index contributed by atoms with van der Waals surface area (Å²) in [6.07, 6.45) is 2.92. The fraction of sp³-hybridized carbons (Fsp3) is 0.111. The number of ether oxygens (including phenoxy) is 1. The van der Waals surface area contributed by atoms with E-state index in [2.05, 4.69) is 15.1 Å². The minimum Gasteiger partial charge on any atom is -0.508 e. The third-order valence-electron chi connectivity index (χ3n) is 8.07. The molecule has 7 aromatic rings. The first-order valence-electron chi connectivity index (χ1n) is 15.3. The number of phenols is 1. The molecule has 0 saturated carbocycles. The number of fused-ring (bicyclic) bond motifs is 2. The minimum atomic E-state index is -1.04.